The van der Waals surface area contributed by atoms with Crippen LogP contribution in [-0.4, -0.2) is 26.7 Å². The fraction of sp³-hybridized carbons (Fsp3) is 0.200. The number of rotatable bonds is 6. The standard InChI is InChI=1S/C20H19NO6/c1-11-4-6-13-15(8-11)27-19(20(18(13)23)26-10-17(21)22)12-5-7-14(24-2)16(9-12)25-3/h4-9H,10H2,1-3H3,(H2,21,22). The predicted molar refractivity (Wildman–Crippen MR) is 100 cm³/mol. The summed E-state index contributed by atoms with van der Waals surface area (Å²) in [5, 5.41) is 0.351. The van der Waals surface area contributed by atoms with Gasteiger partial charge in [0.1, 0.15) is 5.58 Å². The summed E-state index contributed by atoms with van der Waals surface area (Å²) < 4.78 is 21.9. The van der Waals surface area contributed by atoms with Crippen molar-refractivity contribution in [2.75, 3.05) is 20.8 Å². The highest BCUT2D eigenvalue weighted by Gasteiger charge is 2.20. The van der Waals surface area contributed by atoms with Crippen molar-refractivity contribution in [3.05, 3.63) is 52.2 Å². The Labute approximate surface area is 155 Å². The monoisotopic (exact) mass is 369 g/mol. The van der Waals surface area contributed by atoms with Crippen molar-refractivity contribution >= 4 is 16.9 Å². The van der Waals surface area contributed by atoms with Gasteiger partial charge in [0.05, 0.1) is 19.6 Å². The van der Waals surface area contributed by atoms with Gasteiger partial charge in [0, 0.05) is 5.56 Å². The molecule has 27 heavy (non-hydrogen) atoms. The van der Waals surface area contributed by atoms with Crippen molar-refractivity contribution in [2.45, 2.75) is 6.92 Å². The van der Waals surface area contributed by atoms with Crippen molar-refractivity contribution in [1.29, 1.82) is 0 Å². The van der Waals surface area contributed by atoms with E-state index in [4.69, 9.17) is 24.4 Å². The van der Waals surface area contributed by atoms with Gasteiger partial charge in [0.2, 0.25) is 11.2 Å². The number of ether oxygens (including phenoxy) is 3. The van der Waals surface area contributed by atoms with Gasteiger partial charge in [-0.25, -0.2) is 0 Å². The second-order valence-electron chi connectivity index (χ2n) is 5.91. The van der Waals surface area contributed by atoms with Gasteiger partial charge in [-0.05, 0) is 42.8 Å². The third-order valence-corrected chi connectivity index (χ3v) is 4.01. The Balaban J connectivity index is 2.27. The molecule has 2 aromatic carbocycles. The zero-order valence-electron chi connectivity index (χ0n) is 15.2. The molecule has 0 atom stereocenters. The van der Waals surface area contributed by atoms with E-state index in [1.807, 2.05) is 6.92 Å². The molecule has 140 valence electrons. The number of amides is 1. The van der Waals surface area contributed by atoms with Crippen molar-refractivity contribution in [3.63, 3.8) is 0 Å². The van der Waals surface area contributed by atoms with Crippen LogP contribution in [0, 0.1) is 6.92 Å². The molecule has 0 spiro atoms. The average Bonchev–Trinajstić information content (AvgIpc) is 2.66. The summed E-state index contributed by atoms with van der Waals surface area (Å²) in [7, 11) is 3.03. The first kappa shape index (κ1) is 18.3. The highest BCUT2D eigenvalue weighted by atomic mass is 16.5. The van der Waals surface area contributed by atoms with Crippen molar-refractivity contribution in [2.24, 2.45) is 5.73 Å². The summed E-state index contributed by atoms with van der Waals surface area (Å²) in [5.74, 6) is 0.386. The molecule has 1 amide bonds. The molecular formula is C20H19NO6. The quantitative estimate of drug-likeness (QED) is 0.717. The number of fused-ring (bicyclic) bond motifs is 1. The van der Waals surface area contributed by atoms with Gasteiger partial charge >= 0.3 is 0 Å². The second-order valence-corrected chi connectivity index (χ2v) is 5.91. The molecule has 0 saturated carbocycles. The van der Waals surface area contributed by atoms with Crippen molar-refractivity contribution < 1.29 is 23.4 Å². The Morgan fingerprint density at radius 1 is 1.07 bits per heavy atom. The van der Waals surface area contributed by atoms with Gasteiger partial charge in [0.15, 0.2) is 23.9 Å². The van der Waals surface area contributed by atoms with E-state index in [-0.39, 0.29) is 16.9 Å². The Morgan fingerprint density at radius 3 is 2.48 bits per heavy atom. The zero-order valence-corrected chi connectivity index (χ0v) is 15.2. The van der Waals surface area contributed by atoms with Crippen LogP contribution in [0.25, 0.3) is 22.3 Å². The zero-order chi connectivity index (χ0) is 19.6. The molecule has 0 aliphatic heterocycles. The molecule has 3 rings (SSSR count). The number of hydrogen-bond acceptors (Lipinski definition) is 6. The molecule has 3 aromatic rings. The van der Waals surface area contributed by atoms with Crippen LogP contribution in [0.4, 0.5) is 0 Å². The Kier molecular flexibility index (Phi) is 5.03. The van der Waals surface area contributed by atoms with Gasteiger partial charge in [-0.15, -0.1) is 0 Å². The number of carbonyl (C=O) groups is 1. The SMILES string of the molecule is COc1ccc(-c2oc3cc(C)ccc3c(=O)c2OCC(N)=O)cc1OC. The van der Waals surface area contributed by atoms with E-state index in [1.54, 1.807) is 36.4 Å². The first-order chi connectivity index (χ1) is 12.9. The lowest BCUT2D eigenvalue weighted by atomic mass is 10.1. The smallest absolute Gasteiger partial charge is 0.255 e. The second kappa shape index (κ2) is 7.41. The molecule has 7 heteroatoms. The summed E-state index contributed by atoms with van der Waals surface area (Å²) in [5.41, 5.74) is 6.66. The number of benzene rings is 2. The van der Waals surface area contributed by atoms with Crippen LogP contribution < -0.4 is 25.4 Å². The molecule has 7 nitrogen and oxygen atoms in total. The first-order valence-corrected chi connectivity index (χ1v) is 8.15. The minimum absolute atomic E-state index is 0.0858. The number of hydrogen-bond donors (Lipinski definition) is 1. The lowest BCUT2D eigenvalue weighted by Crippen LogP contribution is -2.22. The van der Waals surface area contributed by atoms with Crippen molar-refractivity contribution in [1.82, 2.24) is 0 Å². The summed E-state index contributed by atoms with van der Waals surface area (Å²) in [6, 6.07) is 10.3. The number of aryl methyl sites for hydroxylation is 1. The van der Waals surface area contributed by atoms with E-state index in [1.165, 1.54) is 14.2 Å². The van der Waals surface area contributed by atoms with Crippen LogP contribution >= 0.6 is 0 Å². The molecule has 0 aliphatic carbocycles. The van der Waals surface area contributed by atoms with Crippen LogP contribution in [0.3, 0.4) is 0 Å². The molecule has 0 radical (unpaired) electrons. The molecule has 0 aliphatic rings. The molecule has 0 bridgehead atoms. The number of carbonyl (C=O) groups excluding carboxylic acids is 1. The minimum Gasteiger partial charge on any atom is -0.493 e. The largest absolute Gasteiger partial charge is 0.493 e. The van der Waals surface area contributed by atoms with E-state index in [0.29, 0.717) is 28.0 Å². The fourth-order valence-corrected chi connectivity index (χ4v) is 2.73. The van der Waals surface area contributed by atoms with Crippen LogP contribution in [0.15, 0.2) is 45.6 Å². The maximum Gasteiger partial charge on any atom is 0.255 e. The van der Waals surface area contributed by atoms with Gasteiger partial charge in [-0.1, -0.05) is 6.07 Å². The lowest BCUT2D eigenvalue weighted by molar-refractivity contribution is -0.119. The molecular weight excluding hydrogens is 350 g/mol. The van der Waals surface area contributed by atoms with Crippen molar-refractivity contribution in [3.8, 4) is 28.6 Å². The number of nitrogens with two attached hydrogens (primary N) is 1. The van der Waals surface area contributed by atoms with Gasteiger partial charge < -0.3 is 24.4 Å². The predicted octanol–water partition coefficient (Wildman–Crippen LogP) is 2.65. The lowest BCUT2D eigenvalue weighted by Gasteiger charge is -2.13. The van der Waals surface area contributed by atoms with Crippen LogP contribution in [0.5, 0.6) is 17.2 Å². The maximum atomic E-state index is 12.9. The maximum absolute atomic E-state index is 12.9. The Morgan fingerprint density at radius 2 is 1.81 bits per heavy atom. The molecule has 0 saturated heterocycles. The van der Waals surface area contributed by atoms with E-state index in [9.17, 15) is 9.59 Å². The van der Waals surface area contributed by atoms with E-state index < -0.39 is 12.5 Å². The minimum atomic E-state index is -0.698. The third kappa shape index (κ3) is 3.57. The van der Waals surface area contributed by atoms with Gasteiger partial charge in [-0.2, -0.15) is 0 Å². The Hall–Kier alpha value is -3.48. The summed E-state index contributed by atoms with van der Waals surface area (Å²) in [6.07, 6.45) is 0. The fourth-order valence-electron chi connectivity index (χ4n) is 2.73. The summed E-state index contributed by atoms with van der Waals surface area (Å²) >= 11 is 0. The molecule has 0 unspecified atom stereocenters. The normalized spacial score (nSPS) is 10.6. The van der Waals surface area contributed by atoms with E-state index in [0.717, 1.165) is 5.56 Å². The number of primary amides is 1. The van der Waals surface area contributed by atoms with Crippen LogP contribution in [0.2, 0.25) is 0 Å². The van der Waals surface area contributed by atoms with E-state index >= 15 is 0 Å². The third-order valence-electron chi connectivity index (χ3n) is 4.01. The van der Waals surface area contributed by atoms with Crippen LogP contribution in [-0.2, 0) is 4.79 Å². The highest BCUT2D eigenvalue weighted by molar-refractivity contribution is 5.83. The highest BCUT2D eigenvalue weighted by Crippen LogP contribution is 2.36. The first-order valence-electron chi connectivity index (χ1n) is 8.15. The summed E-state index contributed by atoms with van der Waals surface area (Å²) in [4.78, 5) is 24.1. The molecule has 1 heterocycles. The molecule has 0 fully saturated rings. The average molecular weight is 369 g/mol. The molecule has 2 N–H and O–H groups in total. The Bertz CT molecular complexity index is 1070. The van der Waals surface area contributed by atoms with Gasteiger partial charge in [0.25, 0.3) is 5.91 Å². The summed E-state index contributed by atoms with van der Waals surface area (Å²) in [6.45, 7) is 1.45. The van der Waals surface area contributed by atoms with Gasteiger partial charge in [-0.3, -0.25) is 9.59 Å². The van der Waals surface area contributed by atoms with Crippen LogP contribution in [0.1, 0.15) is 5.56 Å². The van der Waals surface area contributed by atoms with E-state index in [2.05, 4.69) is 0 Å². The number of methoxy groups -OCH3 is 2. The molecule has 1 aromatic heterocycles. The topological polar surface area (TPSA) is 101 Å².